The maximum absolute atomic E-state index is 11.8. The number of rotatable bonds is 8. The first-order chi connectivity index (χ1) is 9.63. The topological polar surface area (TPSA) is 58.9 Å². The Bertz CT molecular complexity index is 427. The number of ether oxygens (including phenoxy) is 1. The van der Waals surface area contributed by atoms with Gasteiger partial charge in [-0.05, 0) is 17.9 Å². The molecule has 1 aromatic carbocycles. The molecule has 0 saturated carbocycles. The number of oxime groups is 1. The molecule has 0 aliphatic carbocycles. The molecule has 0 heterocycles. The summed E-state index contributed by atoms with van der Waals surface area (Å²) in [6.07, 6.45) is 3.41. The maximum Gasteiger partial charge on any atom is 0.356 e. The molecule has 0 atom stereocenters. The average Bonchev–Trinajstić information content (AvgIpc) is 2.45. The predicted octanol–water partition coefficient (Wildman–Crippen LogP) is 3.78. The molecular formula is C16H23NO3. The molecule has 0 spiro atoms. The van der Waals surface area contributed by atoms with Crippen molar-refractivity contribution in [2.24, 2.45) is 11.1 Å². The Morgan fingerprint density at radius 1 is 1.25 bits per heavy atom. The summed E-state index contributed by atoms with van der Waals surface area (Å²) in [6.45, 7) is 4.52. The number of hydrogen-bond donors (Lipinski definition) is 1. The van der Waals surface area contributed by atoms with Crippen LogP contribution in [0.2, 0.25) is 0 Å². The molecule has 0 radical (unpaired) electrons. The molecule has 1 rings (SSSR count). The fourth-order valence-electron chi connectivity index (χ4n) is 1.84. The standard InChI is InChI=1S/C16H23NO3/c1-13(2)8-6-7-11-15(17-19)16(18)20-12-14-9-4-3-5-10-14/h3-5,9-10,13,19H,6-8,11-12H2,1-2H3. The molecule has 4 heteroatoms. The lowest BCUT2D eigenvalue weighted by Gasteiger charge is -2.07. The number of nitrogens with zero attached hydrogens (tertiary/aromatic N) is 1. The van der Waals surface area contributed by atoms with Crippen LogP contribution < -0.4 is 0 Å². The zero-order chi connectivity index (χ0) is 14.8. The Balaban J connectivity index is 2.32. The first-order valence-corrected chi connectivity index (χ1v) is 7.05. The number of esters is 1. The smallest absolute Gasteiger partial charge is 0.356 e. The average molecular weight is 277 g/mol. The molecule has 0 unspecified atom stereocenters. The number of carbonyl (C=O) groups excluding carboxylic acids is 1. The van der Waals surface area contributed by atoms with Crippen molar-refractivity contribution in [1.29, 1.82) is 0 Å². The second-order valence-electron chi connectivity index (χ2n) is 5.25. The molecule has 0 amide bonds. The summed E-state index contributed by atoms with van der Waals surface area (Å²) >= 11 is 0. The Labute approximate surface area is 120 Å². The second kappa shape index (κ2) is 9.13. The van der Waals surface area contributed by atoms with E-state index in [4.69, 9.17) is 9.94 Å². The van der Waals surface area contributed by atoms with E-state index >= 15 is 0 Å². The lowest BCUT2D eigenvalue weighted by atomic mass is 10.0. The first-order valence-electron chi connectivity index (χ1n) is 7.05. The summed E-state index contributed by atoms with van der Waals surface area (Å²) in [5, 5.41) is 11.9. The highest BCUT2D eigenvalue weighted by Gasteiger charge is 2.13. The van der Waals surface area contributed by atoms with Gasteiger partial charge in [-0.1, -0.05) is 62.2 Å². The third-order valence-electron chi connectivity index (χ3n) is 3.01. The van der Waals surface area contributed by atoms with Crippen molar-refractivity contribution in [3.63, 3.8) is 0 Å². The highest BCUT2D eigenvalue weighted by molar-refractivity contribution is 6.36. The van der Waals surface area contributed by atoms with Crippen molar-refractivity contribution in [1.82, 2.24) is 0 Å². The lowest BCUT2D eigenvalue weighted by molar-refractivity contribution is -0.137. The Morgan fingerprint density at radius 2 is 1.95 bits per heavy atom. The van der Waals surface area contributed by atoms with Crippen LogP contribution in [0.15, 0.2) is 35.5 Å². The van der Waals surface area contributed by atoms with Gasteiger partial charge in [-0.15, -0.1) is 0 Å². The highest BCUT2D eigenvalue weighted by Crippen LogP contribution is 2.09. The molecule has 0 aliphatic heterocycles. The van der Waals surface area contributed by atoms with Gasteiger partial charge in [-0.2, -0.15) is 0 Å². The van der Waals surface area contributed by atoms with Gasteiger partial charge in [0.2, 0.25) is 0 Å². The summed E-state index contributed by atoms with van der Waals surface area (Å²) in [7, 11) is 0. The summed E-state index contributed by atoms with van der Waals surface area (Å²) in [5.74, 6) is 0.107. The molecular weight excluding hydrogens is 254 g/mol. The van der Waals surface area contributed by atoms with Crippen LogP contribution in [-0.4, -0.2) is 16.9 Å². The zero-order valence-corrected chi connectivity index (χ0v) is 12.2. The number of hydrogen-bond acceptors (Lipinski definition) is 4. The van der Waals surface area contributed by atoms with Gasteiger partial charge >= 0.3 is 5.97 Å². The molecule has 110 valence electrons. The van der Waals surface area contributed by atoms with Crippen LogP contribution >= 0.6 is 0 Å². The molecule has 0 aromatic heterocycles. The Kier molecular flexibility index (Phi) is 7.40. The van der Waals surface area contributed by atoms with Crippen LogP contribution in [0.3, 0.4) is 0 Å². The lowest BCUT2D eigenvalue weighted by Crippen LogP contribution is -2.17. The summed E-state index contributed by atoms with van der Waals surface area (Å²) < 4.78 is 5.13. The van der Waals surface area contributed by atoms with Crippen molar-refractivity contribution >= 4 is 11.7 Å². The Hall–Kier alpha value is -1.84. The van der Waals surface area contributed by atoms with Gasteiger partial charge in [0.25, 0.3) is 0 Å². The van der Waals surface area contributed by atoms with Crippen molar-refractivity contribution in [3.8, 4) is 0 Å². The van der Waals surface area contributed by atoms with Crippen LogP contribution in [0.1, 0.15) is 45.1 Å². The van der Waals surface area contributed by atoms with Gasteiger partial charge in [0.15, 0.2) is 5.71 Å². The maximum atomic E-state index is 11.8. The highest BCUT2D eigenvalue weighted by atomic mass is 16.5. The molecule has 0 bridgehead atoms. The van der Waals surface area contributed by atoms with Crippen molar-refractivity contribution < 1.29 is 14.7 Å². The minimum Gasteiger partial charge on any atom is -0.456 e. The molecule has 0 fully saturated rings. The summed E-state index contributed by atoms with van der Waals surface area (Å²) in [4.78, 5) is 11.8. The van der Waals surface area contributed by atoms with Gasteiger partial charge in [-0.25, -0.2) is 4.79 Å². The van der Waals surface area contributed by atoms with E-state index in [2.05, 4.69) is 19.0 Å². The van der Waals surface area contributed by atoms with Crippen LogP contribution in [0, 0.1) is 5.92 Å². The van der Waals surface area contributed by atoms with Crippen LogP contribution in [0.4, 0.5) is 0 Å². The molecule has 1 N–H and O–H groups in total. The third-order valence-corrected chi connectivity index (χ3v) is 3.01. The first kappa shape index (κ1) is 16.2. The third kappa shape index (κ3) is 6.36. The van der Waals surface area contributed by atoms with E-state index in [1.54, 1.807) is 0 Å². The summed E-state index contributed by atoms with van der Waals surface area (Å²) in [6, 6.07) is 9.43. The van der Waals surface area contributed by atoms with E-state index in [0.717, 1.165) is 24.8 Å². The van der Waals surface area contributed by atoms with Gasteiger partial charge in [-0.3, -0.25) is 0 Å². The predicted molar refractivity (Wildman–Crippen MR) is 78.8 cm³/mol. The van der Waals surface area contributed by atoms with E-state index in [9.17, 15) is 4.79 Å². The normalized spacial score (nSPS) is 11.7. The minimum absolute atomic E-state index is 0.102. The Morgan fingerprint density at radius 3 is 2.55 bits per heavy atom. The monoisotopic (exact) mass is 277 g/mol. The SMILES string of the molecule is CC(C)CCCCC(=NO)C(=O)OCc1ccccc1. The van der Waals surface area contributed by atoms with Crippen LogP contribution in [-0.2, 0) is 16.1 Å². The number of unbranched alkanes of at least 4 members (excludes halogenated alkanes) is 1. The van der Waals surface area contributed by atoms with E-state index in [1.165, 1.54) is 0 Å². The van der Waals surface area contributed by atoms with E-state index < -0.39 is 5.97 Å². The number of benzene rings is 1. The van der Waals surface area contributed by atoms with Gasteiger partial charge in [0.1, 0.15) is 6.61 Å². The summed E-state index contributed by atoms with van der Waals surface area (Å²) in [5.41, 5.74) is 1.02. The molecule has 1 aromatic rings. The van der Waals surface area contributed by atoms with Crippen molar-refractivity contribution in [2.75, 3.05) is 0 Å². The fourth-order valence-corrected chi connectivity index (χ4v) is 1.84. The van der Waals surface area contributed by atoms with Crippen LogP contribution in [0.5, 0.6) is 0 Å². The molecule has 4 nitrogen and oxygen atoms in total. The van der Waals surface area contributed by atoms with E-state index in [1.807, 2.05) is 30.3 Å². The quantitative estimate of drug-likeness (QED) is 0.259. The zero-order valence-electron chi connectivity index (χ0n) is 12.2. The van der Waals surface area contributed by atoms with Crippen molar-refractivity contribution in [2.45, 2.75) is 46.1 Å². The minimum atomic E-state index is -0.541. The fraction of sp³-hybridized carbons (Fsp3) is 0.500. The van der Waals surface area contributed by atoms with Crippen molar-refractivity contribution in [3.05, 3.63) is 35.9 Å². The molecule has 0 saturated heterocycles. The van der Waals surface area contributed by atoms with Gasteiger partial charge in [0, 0.05) is 6.42 Å². The van der Waals surface area contributed by atoms with Gasteiger partial charge < -0.3 is 9.94 Å². The van der Waals surface area contributed by atoms with E-state index in [0.29, 0.717) is 12.3 Å². The largest absolute Gasteiger partial charge is 0.456 e. The number of carbonyl (C=O) groups is 1. The second-order valence-corrected chi connectivity index (χ2v) is 5.25. The molecule has 0 aliphatic rings. The van der Waals surface area contributed by atoms with E-state index in [-0.39, 0.29) is 12.3 Å². The van der Waals surface area contributed by atoms with Crippen LogP contribution in [0.25, 0.3) is 0 Å². The molecule has 20 heavy (non-hydrogen) atoms. The van der Waals surface area contributed by atoms with Gasteiger partial charge in [0.05, 0.1) is 0 Å².